The SMILES string of the molecule is CCC1CN(Cc2cc(F)ccc2C(N)=S)CCS1. The quantitative estimate of drug-likeness (QED) is 0.866. The van der Waals surface area contributed by atoms with Gasteiger partial charge in [0.2, 0.25) is 0 Å². The van der Waals surface area contributed by atoms with Crippen molar-refractivity contribution in [2.75, 3.05) is 18.8 Å². The van der Waals surface area contributed by atoms with E-state index in [1.165, 1.54) is 12.5 Å². The summed E-state index contributed by atoms with van der Waals surface area (Å²) in [6.07, 6.45) is 1.17. The van der Waals surface area contributed by atoms with Crippen LogP contribution in [-0.4, -0.2) is 34.0 Å². The average molecular weight is 298 g/mol. The van der Waals surface area contributed by atoms with E-state index in [2.05, 4.69) is 11.8 Å². The molecule has 1 heterocycles. The highest BCUT2D eigenvalue weighted by molar-refractivity contribution is 8.00. The van der Waals surface area contributed by atoms with Crippen molar-refractivity contribution in [1.82, 2.24) is 4.90 Å². The van der Waals surface area contributed by atoms with Crippen LogP contribution in [0.2, 0.25) is 0 Å². The van der Waals surface area contributed by atoms with E-state index in [0.29, 0.717) is 10.2 Å². The predicted octanol–water partition coefficient (Wildman–Crippen LogP) is 2.79. The number of rotatable bonds is 4. The number of halogens is 1. The first-order valence-electron chi connectivity index (χ1n) is 6.52. The molecule has 2 N–H and O–H groups in total. The lowest BCUT2D eigenvalue weighted by atomic mass is 10.1. The minimum Gasteiger partial charge on any atom is -0.389 e. The van der Waals surface area contributed by atoms with Gasteiger partial charge in [-0.25, -0.2) is 4.39 Å². The van der Waals surface area contributed by atoms with Crippen molar-refractivity contribution in [1.29, 1.82) is 0 Å². The smallest absolute Gasteiger partial charge is 0.123 e. The van der Waals surface area contributed by atoms with Crippen molar-refractivity contribution in [3.63, 3.8) is 0 Å². The van der Waals surface area contributed by atoms with Crippen LogP contribution in [0.3, 0.4) is 0 Å². The van der Waals surface area contributed by atoms with Crippen LogP contribution in [0.25, 0.3) is 0 Å². The molecular formula is C14H19FN2S2. The fourth-order valence-corrected chi connectivity index (χ4v) is 3.79. The highest BCUT2D eigenvalue weighted by Gasteiger charge is 2.20. The summed E-state index contributed by atoms with van der Waals surface area (Å²) in [4.78, 5) is 2.70. The van der Waals surface area contributed by atoms with Gasteiger partial charge in [0.15, 0.2) is 0 Å². The molecule has 1 aliphatic rings. The van der Waals surface area contributed by atoms with Gasteiger partial charge in [-0.3, -0.25) is 4.90 Å². The molecule has 0 amide bonds. The first-order chi connectivity index (χ1) is 9.10. The number of thiocarbonyl (C=S) groups is 1. The van der Waals surface area contributed by atoms with E-state index < -0.39 is 0 Å². The predicted molar refractivity (Wildman–Crippen MR) is 84.1 cm³/mol. The molecule has 0 bridgehead atoms. The van der Waals surface area contributed by atoms with Crippen LogP contribution >= 0.6 is 24.0 Å². The molecule has 2 nitrogen and oxygen atoms in total. The molecule has 0 aromatic heterocycles. The zero-order valence-corrected chi connectivity index (χ0v) is 12.7. The minimum absolute atomic E-state index is 0.228. The Morgan fingerprint density at radius 3 is 3.05 bits per heavy atom. The molecule has 0 aliphatic carbocycles. The fraction of sp³-hybridized carbons (Fsp3) is 0.500. The zero-order valence-electron chi connectivity index (χ0n) is 11.1. The second-order valence-electron chi connectivity index (χ2n) is 4.80. The molecular weight excluding hydrogens is 279 g/mol. The van der Waals surface area contributed by atoms with Crippen LogP contribution in [0.5, 0.6) is 0 Å². The Labute approximate surface area is 123 Å². The number of thioether (sulfide) groups is 1. The maximum atomic E-state index is 13.4. The van der Waals surface area contributed by atoms with Crippen LogP contribution in [0.15, 0.2) is 18.2 Å². The van der Waals surface area contributed by atoms with Gasteiger partial charge in [-0.1, -0.05) is 19.1 Å². The van der Waals surface area contributed by atoms with Gasteiger partial charge < -0.3 is 5.73 Å². The lowest BCUT2D eigenvalue weighted by Gasteiger charge is -2.32. The summed E-state index contributed by atoms with van der Waals surface area (Å²) >= 11 is 7.06. The van der Waals surface area contributed by atoms with Crippen molar-refractivity contribution in [2.45, 2.75) is 25.1 Å². The van der Waals surface area contributed by atoms with Crippen molar-refractivity contribution in [3.8, 4) is 0 Å². The summed E-state index contributed by atoms with van der Waals surface area (Å²) in [6, 6.07) is 4.65. The van der Waals surface area contributed by atoms with Gasteiger partial charge in [0.25, 0.3) is 0 Å². The van der Waals surface area contributed by atoms with Gasteiger partial charge in [0.1, 0.15) is 10.8 Å². The first-order valence-corrected chi connectivity index (χ1v) is 7.98. The van der Waals surface area contributed by atoms with Crippen molar-refractivity contribution in [3.05, 3.63) is 35.1 Å². The zero-order chi connectivity index (χ0) is 13.8. The van der Waals surface area contributed by atoms with Gasteiger partial charge in [-0.2, -0.15) is 11.8 Å². The van der Waals surface area contributed by atoms with E-state index in [1.54, 1.807) is 12.1 Å². The van der Waals surface area contributed by atoms with Gasteiger partial charge in [0, 0.05) is 36.2 Å². The summed E-state index contributed by atoms with van der Waals surface area (Å²) in [5.74, 6) is 0.907. The third kappa shape index (κ3) is 3.91. The van der Waals surface area contributed by atoms with E-state index in [1.807, 2.05) is 11.8 Å². The molecule has 0 saturated carbocycles. The molecule has 1 aliphatic heterocycles. The summed E-state index contributed by atoms with van der Waals surface area (Å²) in [5.41, 5.74) is 7.40. The number of hydrogen-bond donors (Lipinski definition) is 1. The largest absolute Gasteiger partial charge is 0.389 e. The molecule has 5 heteroatoms. The van der Waals surface area contributed by atoms with Gasteiger partial charge in [-0.15, -0.1) is 0 Å². The minimum atomic E-state index is -0.228. The maximum absolute atomic E-state index is 13.4. The van der Waals surface area contributed by atoms with Crippen LogP contribution in [0.4, 0.5) is 4.39 Å². The Bertz CT molecular complexity index is 465. The van der Waals surface area contributed by atoms with Crippen LogP contribution in [0, 0.1) is 5.82 Å². The van der Waals surface area contributed by atoms with Crippen LogP contribution < -0.4 is 5.73 Å². The Kier molecular flexibility index (Phi) is 5.19. The molecule has 1 saturated heterocycles. The van der Waals surface area contributed by atoms with Crippen LogP contribution in [-0.2, 0) is 6.54 Å². The molecule has 1 aromatic rings. The third-order valence-electron chi connectivity index (χ3n) is 3.40. The van der Waals surface area contributed by atoms with E-state index in [-0.39, 0.29) is 5.82 Å². The van der Waals surface area contributed by atoms with Crippen molar-refractivity contribution >= 4 is 29.0 Å². The first kappa shape index (κ1) is 14.8. The lowest BCUT2D eigenvalue weighted by molar-refractivity contribution is 0.272. The average Bonchev–Trinajstić information content (AvgIpc) is 2.38. The summed E-state index contributed by atoms with van der Waals surface area (Å²) in [6.45, 7) is 5.02. The highest BCUT2D eigenvalue weighted by atomic mass is 32.2. The standard InChI is InChI=1S/C14H19FN2S2/c1-2-12-9-17(5-6-19-12)8-10-7-11(15)3-4-13(10)14(16)18/h3-4,7,12H,2,5-6,8-9H2,1H3,(H2,16,18). The van der Waals surface area contributed by atoms with Gasteiger partial charge in [0.05, 0.1) is 0 Å². The van der Waals surface area contributed by atoms with E-state index in [9.17, 15) is 4.39 Å². The molecule has 19 heavy (non-hydrogen) atoms. The summed E-state index contributed by atoms with van der Waals surface area (Å²) in [7, 11) is 0. The molecule has 0 spiro atoms. The van der Waals surface area contributed by atoms with E-state index >= 15 is 0 Å². The van der Waals surface area contributed by atoms with Crippen molar-refractivity contribution in [2.24, 2.45) is 5.73 Å². The molecule has 104 valence electrons. The number of nitrogens with zero attached hydrogens (tertiary/aromatic N) is 1. The van der Waals surface area contributed by atoms with Gasteiger partial charge >= 0.3 is 0 Å². The molecule has 1 atom stereocenters. The molecule has 1 aromatic carbocycles. The topological polar surface area (TPSA) is 29.3 Å². The molecule has 2 rings (SSSR count). The monoisotopic (exact) mass is 298 g/mol. The lowest BCUT2D eigenvalue weighted by Crippen LogP contribution is -2.37. The molecule has 1 unspecified atom stereocenters. The Morgan fingerprint density at radius 1 is 1.58 bits per heavy atom. The Hall–Kier alpha value is -0.650. The normalized spacial score (nSPS) is 20.4. The second kappa shape index (κ2) is 6.68. The maximum Gasteiger partial charge on any atom is 0.123 e. The number of nitrogens with two attached hydrogens (primary N) is 1. The summed E-state index contributed by atoms with van der Waals surface area (Å²) in [5, 5.41) is 0.676. The van der Waals surface area contributed by atoms with Crippen LogP contribution in [0.1, 0.15) is 24.5 Å². The van der Waals surface area contributed by atoms with E-state index in [0.717, 1.165) is 36.5 Å². The Balaban J connectivity index is 2.13. The summed E-state index contributed by atoms with van der Waals surface area (Å²) < 4.78 is 13.4. The van der Waals surface area contributed by atoms with Crippen molar-refractivity contribution < 1.29 is 4.39 Å². The van der Waals surface area contributed by atoms with Gasteiger partial charge in [-0.05, 0) is 30.2 Å². The highest BCUT2D eigenvalue weighted by Crippen LogP contribution is 2.23. The Morgan fingerprint density at radius 2 is 2.37 bits per heavy atom. The fourth-order valence-electron chi connectivity index (χ4n) is 2.35. The number of benzene rings is 1. The third-order valence-corrected chi connectivity index (χ3v) is 5.00. The molecule has 1 fully saturated rings. The molecule has 0 radical (unpaired) electrons. The van der Waals surface area contributed by atoms with E-state index in [4.69, 9.17) is 18.0 Å². The number of hydrogen-bond acceptors (Lipinski definition) is 3. The second-order valence-corrected chi connectivity index (χ2v) is 6.65.